The highest BCUT2D eigenvalue weighted by atomic mass is 32.2. The lowest BCUT2D eigenvalue weighted by molar-refractivity contribution is -0.129. The highest BCUT2D eigenvalue weighted by Gasteiger charge is 2.25. The van der Waals surface area contributed by atoms with Gasteiger partial charge in [0.15, 0.2) is 0 Å². The summed E-state index contributed by atoms with van der Waals surface area (Å²) in [6, 6.07) is 6.90. The monoisotopic (exact) mass is 331 g/mol. The predicted molar refractivity (Wildman–Crippen MR) is 97.1 cm³/mol. The van der Waals surface area contributed by atoms with Crippen molar-refractivity contribution >= 4 is 28.7 Å². The minimum absolute atomic E-state index is 0.290. The molecular formula is C18H25N3OS. The van der Waals surface area contributed by atoms with Gasteiger partial charge in [-0.05, 0) is 50.1 Å². The van der Waals surface area contributed by atoms with Crippen LogP contribution in [0.15, 0.2) is 18.2 Å². The second-order valence-electron chi connectivity index (χ2n) is 6.27. The number of hydrogen-bond donors (Lipinski definition) is 0. The van der Waals surface area contributed by atoms with Gasteiger partial charge in [0, 0.05) is 19.1 Å². The van der Waals surface area contributed by atoms with Crippen molar-refractivity contribution in [2.24, 2.45) is 0 Å². The van der Waals surface area contributed by atoms with Crippen LogP contribution in [0.4, 0.5) is 0 Å². The Bertz CT molecular complexity index is 702. The molecule has 1 amide bonds. The van der Waals surface area contributed by atoms with Crippen LogP contribution in [0.5, 0.6) is 0 Å². The molecule has 23 heavy (non-hydrogen) atoms. The lowest BCUT2D eigenvalue weighted by Gasteiger charge is -2.33. The maximum Gasteiger partial charge on any atom is 0.232 e. The van der Waals surface area contributed by atoms with Gasteiger partial charge in [0.25, 0.3) is 0 Å². The van der Waals surface area contributed by atoms with Gasteiger partial charge < -0.3 is 9.47 Å². The molecule has 0 radical (unpaired) electrons. The summed E-state index contributed by atoms with van der Waals surface area (Å²) in [7, 11) is 0. The van der Waals surface area contributed by atoms with Crippen LogP contribution in [0.3, 0.4) is 0 Å². The van der Waals surface area contributed by atoms with Crippen LogP contribution < -0.4 is 0 Å². The van der Waals surface area contributed by atoms with E-state index in [1.165, 1.54) is 11.1 Å². The van der Waals surface area contributed by atoms with Crippen LogP contribution >= 0.6 is 11.8 Å². The summed E-state index contributed by atoms with van der Waals surface area (Å²) in [5.41, 5.74) is 3.57. The van der Waals surface area contributed by atoms with Gasteiger partial charge in [-0.25, -0.2) is 4.98 Å². The van der Waals surface area contributed by atoms with E-state index >= 15 is 0 Å². The quantitative estimate of drug-likeness (QED) is 0.859. The number of imidazole rings is 1. The van der Waals surface area contributed by atoms with Gasteiger partial charge >= 0.3 is 0 Å². The van der Waals surface area contributed by atoms with Gasteiger partial charge in [0.05, 0.1) is 16.8 Å². The fraction of sp³-hybridized carbons (Fsp3) is 0.556. The first-order chi connectivity index (χ1) is 11.1. The number of thioether (sulfide) groups is 1. The molecule has 1 aromatic heterocycles. The number of carbonyl (C=O) groups excluding carboxylic acids is 1. The first kappa shape index (κ1) is 16.4. The van der Waals surface area contributed by atoms with E-state index in [9.17, 15) is 4.79 Å². The number of likely N-dealkylation sites (tertiary alicyclic amines) is 1. The summed E-state index contributed by atoms with van der Waals surface area (Å²) >= 11 is 1.71. The van der Waals surface area contributed by atoms with Crippen molar-refractivity contribution in [3.05, 3.63) is 29.6 Å². The Hall–Kier alpha value is -1.49. The van der Waals surface area contributed by atoms with E-state index in [1.54, 1.807) is 11.8 Å². The molecule has 1 fully saturated rings. The first-order valence-corrected chi connectivity index (χ1v) is 9.56. The number of amides is 1. The summed E-state index contributed by atoms with van der Waals surface area (Å²) in [6.07, 6.45) is 2.03. The zero-order valence-corrected chi connectivity index (χ0v) is 15.0. The SMILES string of the molecule is CCSCC(=O)N1CCC(n2c(C)nc3ccc(C)cc32)CC1. The number of rotatable bonds is 4. The zero-order chi connectivity index (χ0) is 16.4. The summed E-state index contributed by atoms with van der Waals surface area (Å²) in [5.74, 6) is 2.99. The molecular weight excluding hydrogens is 306 g/mol. The van der Waals surface area contributed by atoms with E-state index in [0.29, 0.717) is 17.7 Å². The van der Waals surface area contributed by atoms with Crippen molar-refractivity contribution in [3.63, 3.8) is 0 Å². The summed E-state index contributed by atoms with van der Waals surface area (Å²) in [5, 5.41) is 0. The maximum atomic E-state index is 12.2. The summed E-state index contributed by atoms with van der Waals surface area (Å²) < 4.78 is 2.38. The fourth-order valence-corrected chi connectivity index (χ4v) is 4.00. The molecule has 0 N–H and O–H groups in total. The van der Waals surface area contributed by atoms with Crippen molar-refractivity contribution in [2.45, 2.75) is 39.7 Å². The molecule has 2 heterocycles. The third-order valence-electron chi connectivity index (χ3n) is 4.63. The van der Waals surface area contributed by atoms with E-state index in [1.807, 2.05) is 4.90 Å². The standard InChI is InChI=1S/C18H25N3OS/c1-4-23-12-18(22)20-9-7-15(8-10-20)21-14(3)19-16-6-5-13(2)11-17(16)21/h5-6,11,15H,4,7-10,12H2,1-3H3. The minimum Gasteiger partial charge on any atom is -0.342 e. The van der Waals surface area contributed by atoms with Gasteiger partial charge in [-0.2, -0.15) is 11.8 Å². The molecule has 2 aromatic rings. The van der Waals surface area contributed by atoms with Crippen LogP contribution in [0.25, 0.3) is 11.0 Å². The Morgan fingerprint density at radius 3 is 2.74 bits per heavy atom. The number of nitrogens with zero attached hydrogens (tertiary/aromatic N) is 3. The van der Waals surface area contributed by atoms with Crippen molar-refractivity contribution in [3.8, 4) is 0 Å². The summed E-state index contributed by atoms with van der Waals surface area (Å²) in [4.78, 5) is 18.9. The van der Waals surface area contributed by atoms with Crippen LogP contribution in [-0.4, -0.2) is 45.0 Å². The second kappa shape index (κ2) is 6.95. The molecule has 0 atom stereocenters. The van der Waals surface area contributed by atoms with Crippen molar-refractivity contribution in [1.82, 2.24) is 14.5 Å². The fourth-order valence-electron chi connectivity index (χ4n) is 3.44. The van der Waals surface area contributed by atoms with Crippen LogP contribution in [0, 0.1) is 13.8 Å². The number of benzene rings is 1. The number of piperidine rings is 1. The highest BCUT2D eigenvalue weighted by Crippen LogP contribution is 2.29. The molecule has 0 aliphatic carbocycles. The Morgan fingerprint density at radius 2 is 2.04 bits per heavy atom. The lowest BCUT2D eigenvalue weighted by atomic mass is 10.0. The molecule has 0 bridgehead atoms. The second-order valence-corrected chi connectivity index (χ2v) is 7.54. The van der Waals surface area contributed by atoms with E-state index < -0.39 is 0 Å². The van der Waals surface area contributed by atoms with E-state index in [0.717, 1.165) is 43.0 Å². The van der Waals surface area contributed by atoms with Crippen LogP contribution in [0.2, 0.25) is 0 Å². The average Bonchev–Trinajstić information content (AvgIpc) is 2.88. The molecule has 124 valence electrons. The normalized spacial score (nSPS) is 16.2. The van der Waals surface area contributed by atoms with Gasteiger partial charge in [0.2, 0.25) is 5.91 Å². The van der Waals surface area contributed by atoms with Gasteiger partial charge in [-0.15, -0.1) is 0 Å². The molecule has 0 unspecified atom stereocenters. The average molecular weight is 331 g/mol. The Balaban J connectivity index is 1.74. The molecule has 4 nitrogen and oxygen atoms in total. The van der Waals surface area contributed by atoms with Gasteiger partial charge in [0.1, 0.15) is 5.82 Å². The third kappa shape index (κ3) is 3.39. The van der Waals surface area contributed by atoms with E-state index in [4.69, 9.17) is 4.98 Å². The number of fused-ring (bicyclic) bond motifs is 1. The van der Waals surface area contributed by atoms with Crippen molar-refractivity contribution < 1.29 is 4.79 Å². The molecule has 1 aliphatic heterocycles. The molecule has 0 saturated carbocycles. The Morgan fingerprint density at radius 1 is 1.30 bits per heavy atom. The minimum atomic E-state index is 0.290. The zero-order valence-electron chi connectivity index (χ0n) is 14.2. The van der Waals surface area contributed by atoms with Crippen molar-refractivity contribution in [1.29, 1.82) is 0 Å². The highest BCUT2D eigenvalue weighted by molar-refractivity contribution is 7.99. The topological polar surface area (TPSA) is 38.1 Å². The third-order valence-corrected chi connectivity index (χ3v) is 5.49. The Kier molecular flexibility index (Phi) is 4.95. The summed E-state index contributed by atoms with van der Waals surface area (Å²) in [6.45, 7) is 8.03. The molecule has 0 spiro atoms. The van der Waals surface area contributed by atoms with E-state index in [-0.39, 0.29) is 0 Å². The molecule has 3 rings (SSSR count). The van der Waals surface area contributed by atoms with Crippen LogP contribution in [-0.2, 0) is 4.79 Å². The molecule has 5 heteroatoms. The maximum absolute atomic E-state index is 12.2. The lowest BCUT2D eigenvalue weighted by Crippen LogP contribution is -2.40. The molecule has 1 aliphatic rings. The Labute approximate surface area is 142 Å². The van der Waals surface area contributed by atoms with Crippen molar-refractivity contribution in [2.75, 3.05) is 24.6 Å². The van der Waals surface area contributed by atoms with E-state index in [2.05, 4.69) is 43.5 Å². The van der Waals surface area contributed by atoms with Gasteiger partial charge in [-0.3, -0.25) is 4.79 Å². The number of carbonyl (C=O) groups is 1. The predicted octanol–water partition coefficient (Wildman–Crippen LogP) is 3.57. The molecule has 1 saturated heterocycles. The largest absolute Gasteiger partial charge is 0.342 e. The number of hydrogen-bond acceptors (Lipinski definition) is 3. The first-order valence-electron chi connectivity index (χ1n) is 8.41. The number of aromatic nitrogens is 2. The number of aryl methyl sites for hydroxylation is 2. The van der Waals surface area contributed by atoms with Crippen LogP contribution in [0.1, 0.15) is 37.2 Å². The van der Waals surface area contributed by atoms with Gasteiger partial charge in [-0.1, -0.05) is 13.0 Å². The smallest absolute Gasteiger partial charge is 0.232 e. The molecule has 1 aromatic carbocycles.